The summed E-state index contributed by atoms with van der Waals surface area (Å²) in [6.45, 7) is 4.86. The van der Waals surface area contributed by atoms with Crippen molar-refractivity contribution in [3.8, 4) is 0 Å². The topological polar surface area (TPSA) is 83.8 Å². The average molecular weight is 427 g/mol. The van der Waals surface area contributed by atoms with Gasteiger partial charge in [-0.2, -0.15) is 0 Å². The summed E-state index contributed by atoms with van der Waals surface area (Å²) in [5.41, 5.74) is 0.842. The number of hydrogen-bond acceptors (Lipinski definition) is 5. The minimum atomic E-state index is -0.577. The Kier molecular flexibility index (Phi) is 7.46. The van der Waals surface area contributed by atoms with Crippen LogP contribution in [0.3, 0.4) is 0 Å². The number of nitro benzene ring substituents is 1. The molecule has 8 heteroatoms. The van der Waals surface area contributed by atoms with Gasteiger partial charge in [0.05, 0.1) is 16.1 Å². The Balaban J connectivity index is 1.43. The van der Waals surface area contributed by atoms with Crippen molar-refractivity contribution >= 4 is 17.5 Å². The Morgan fingerprint density at radius 1 is 1.00 bits per heavy atom. The van der Waals surface area contributed by atoms with E-state index in [4.69, 9.17) is 0 Å². The van der Waals surface area contributed by atoms with Gasteiger partial charge in [0.25, 0.3) is 17.5 Å². The molecule has 164 valence electrons. The van der Waals surface area contributed by atoms with Crippen LogP contribution >= 0.6 is 0 Å². The lowest BCUT2D eigenvalue weighted by molar-refractivity contribution is -0.384. The minimum absolute atomic E-state index is 0.101. The third kappa shape index (κ3) is 5.32. The van der Waals surface area contributed by atoms with Gasteiger partial charge >= 0.3 is 0 Å². The Morgan fingerprint density at radius 2 is 1.74 bits per heavy atom. The maximum Gasteiger partial charge on any atom is 0.270 e. The highest BCUT2D eigenvalue weighted by Gasteiger charge is 2.36. The van der Waals surface area contributed by atoms with Gasteiger partial charge < -0.3 is 4.90 Å². The summed E-state index contributed by atoms with van der Waals surface area (Å²) in [4.78, 5) is 38.7. The number of nitrogens with zero attached hydrogens (tertiary/aromatic N) is 3. The Morgan fingerprint density at radius 3 is 2.45 bits per heavy atom. The van der Waals surface area contributed by atoms with Crippen LogP contribution in [-0.2, 0) is 6.42 Å². The number of non-ortho nitro benzene ring substituents is 1. The number of carbonyl (C=O) groups excluding carboxylic acids is 2. The molecule has 0 saturated heterocycles. The highest BCUT2D eigenvalue weighted by molar-refractivity contribution is 6.21. The van der Waals surface area contributed by atoms with Crippen molar-refractivity contribution in [2.24, 2.45) is 0 Å². The number of unbranched alkanes of at least 4 members (excludes halogenated alkanes) is 2. The zero-order chi connectivity index (χ0) is 22.4. The summed E-state index contributed by atoms with van der Waals surface area (Å²) in [7, 11) is 0. The number of carbonyl (C=O) groups is 2. The smallest absolute Gasteiger partial charge is 0.270 e. The van der Waals surface area contributed by atoms with Crippen molar-refractivity contribution < 1.29 is 18.9 Å². The van der Waals surface area contributed by atoms with Crippen LogP contribution in [0.15, 0.2) is 42.5 Å². The Labute approximate surface area is 180 Å². The lowest BCUT2D eigenvalue weighted by atomic mass is 10.1. The summed E-state index contributed by atoms with van der Waals surface area (Å²) in [6.07, 6.45) is 3.06. The quantitative estimate of drug-likeness (QED) is 0.234. The second-order valence-electron chi connectivity index (χ2n) is 7.59. The molecule has 7 nitrogen and oxygen atoms in total. The molecule has 1 aliphatic rings. The largest absolute Gasteiger partial charge is 0.303 e. The predicted molar refractivity (Wildman–Crippen MR) is 115 cm³/mol. The second kappa shape index (κ2) is 10.3. The molecule has 0 unspecified atom stereocenters. The summed E-state index contributed by atoms with van der Waals surface area (Å²) in [5, 5.41) is 10.9. The highest BCUT2D eigenvalue weighted by atomic mass is 19.1. The van der Waals surface area contributed by atoms with Gasteiger partial charge in [-0.05, 0) is 50.0 Å². The molecule has 3 rings (SSSR count). The standard InChI is InChI=1S/C23H26FN3O4/c1-2-25(15-12-17-8-4-5-9-21(17)24)13-6-3-7-14-26-22(28)19-11-10-18(27(30)31)16-20(19)23(26)29/h4-5,8-11,16H,2-3,6-7,12-15H2,1H3. The number of likely N-dealkylation sites (N-methyl/N-ethyl adjacent to an activating group) is 1. The van der Waals surface area contributed by atoms with Gasteiger partial charge in [-0.1, -0.05) is 31.5 Å². The van der Waals surface area contributed by atoms with E-state index in [1.165, 1.54) is 29.2 Å². The zero-order valence-electron chi connectivity index (χ0n) is 17.6. The second-order valence-corrected chi connectivity index (χ2v) is 7.59. The molecule has 2 aromatic rings. The lowest BCUT2D eigenvalue weighted by Gasteiger charge is -2.20. The average Bonchev–Trinajstić information content (AvgIpc) is 3.00. The molecule has 0 aromatic heterocycles. The van der Waals surface area contributed by atoms with Crippen LogP contribution in [0.25, 0.3) is 0 Å². The fraction of sp³-hybridized carbons (Fsp3) is 0.391. The van der Waals surface area contributed by atoms with Crippen LogP contribution in [0, 0.1) is 15.9 Å². The molecule has 0 radical (unpaired) electrons. The molecule has 0 atom stereocenters. The number of rotatable bonds is 11. The van der Waals surface area contributed by atoms with Crippen LogP contribution in [0.2, 0.25) is 0 Å². The first-order valence-electron chi connectivity index (χ1n) is 10.5. The molecule has 2 amide bonds. The van der Waals surface area contributed by atoms with E-state index in [0.29, 0.717) is 24.9 Å². The first kappa shape index (κ1) is 22.6. The molecule has 0 fully saturated rings. The number of halogens is 1. The maximum absolute atomic E-state index is 13.8. The van der Waals surface area contributed by atoms with Gasteiger partial charge in [0.15, 0.2) is 0 Å². The molecule has 1 heterocycles. The third-order valence-electron chi connectivity index (χ3n) is 5.62. The predicted octanol–water partition coefficient (Wildman–Crippen LogP) is 4.06. The number of nitro groups is 1. The SMILES string of the molecule is CCN(CCCCCN1C(=O)c2ccc([N+](=O)[O-])cc2C1=O)CCc1ccccc1F. The summed E-state index contributed by atoms with van der Waals surface area (Å²) < 4.78 is 13.8. The Bertz CT molecular complexity index is 979. The van der Waals surface area contributed by atoms with Crippen molar-refractivity contribution in [3.05, 3.63) is 75.1 Å². The van der Waals surface area contributed by atoms with Gasteiger partial charge in [-0.25, -0.2) is 4.39 Å². The van der Waals surface area contributed by atoms with Crippen LogP contribution < -0.4 is 0 Å². The van der Waals surface area contributed by atoms with Gasteiger partial charge in [0, 0.05) is 25.2 Å². The zero-order valence-corrected chi connectivity index (χ0v) is 17.6. The van der Waals surface area contributed by atoms with Gasteiger partial charge in [0.2, 0.25) is 0 Å². The van der Waals surface area contributed by atoms with E-state index in [1.54, 1.807) is 12.1 Å². The van der Waals surface area contributed by atoms with Gasteiger partial charge in [0.1, 0.15) is 5.82 Å². The van der Waals surface area contributed by atoms with Crippen LogP contribution in [0.5, 0.6) is 0 Å². The molecule has 0 saturated carbocycles. The molecular formula is C23H26FN3O4. The monoisotopic (exact) mass is 427 g/mol. The minimum Gasteiger partial charge on any atom is -0.303 e. The molecular weight excluding hydrogens is 401 g/mol. The van der Waals surface area contributed by atoms with E-state index in [1.807, 2.05) is 6.07 Å². The van der Waals surface area contributed by atoms with E-state index in [0.717, 1.165) is 32.5 Å². The van der Waals surface area contributed by atoms with E-state index in [2.05, 4.69) is 11.8 Å². The summed E-state index contributed by atoms with van der Waals surface area (Å²) in [6, 6.07) is 10.6. The molecule has 31 heavy (non-hydrogen) atoms. The van der Waals surface area contributed by atoms with Crippen LogP contribution in [-0.4, -0.2) is 52.7 Å². The van der Waals surface area contributed by atoms with Gasteiger partial charge in [-0.15, -0.1) is 0 Å². The first-order chi connectivity index (χ1) is 14.9. The first-order valence-corrected chi connectivity index (χ1v) is 10.5. The fourth-order valence-electron chi connectivity index (χ4n) is 3.79. The van der Waals surface area contributed by atoms with Crippen LogP contribution in [0.4, 0.5) is 10.1 Å². The number of hydrogen-bond donors (Lipinski definition) is 0. The van der Waals surface area contributed by atoms with E-state index in [9.17, 15) is 24.1 Å². The number of imide groups is 1. The molecule has 0 bridgehead atoms. The van der Waals surface area contributed by atoms with Crippen molar-refractivity contribution in [2.75, 3.05) is 26.2 Å². The fourth-order valence-corrected chi connectivity index (χ4v) is 3.79. The molecule has 1 aliphatic heterocycles. The normalized spacial score (nSPS) is 13.2. The number of benzene rings is 2. The van der Waals surface area contributed by atoms with Crippen LogP contribution in [0.1, 0.15) is 52.5 Å². The van der Waals surface area contributed by atoms with Crippen molar-refractivity contribution in [1.29, 1.82) is 0 Å². The van der Waals surface area contributed by atoms with Crippen molar-refractivity contribution in [3.63, 3.8) is 0 Å². The summed E-state index contributed by atoms with van der Waals surface area (Å²) >= 11 is 0. The van der Waals surface area contributed by atoms with E-state index in [-0.39, 0.29) is 22.6 Å². The van der Waals surface area contributed by atoms with Crippen molar-refractivity contribution in [1.82, 2.24) is 9.80 Å². The molecule has 0 N–H and O–H groups in total. The molecule has 2 aromatic carbocycles. The molecule has 0 spiro atoms. The maximum atomic E-state index is 13.8. The summed E-state index contributed by atoms with van der Waals surface area (Å²) in [5.74, 6) is -1.04. The number of fused-ring (bicyclic) bond motifs is 1. The number of amides is 2. The highest BCUT2D eigenvalue weighted by Crippen LogP contribution is 2.27. The van der Waals surface area contributed by atoms with Crippen molar-refractivity contribution in [2.45, 2.75) is 32.6 Å². The van der Waals surface area contributed by atoms with Gasteiger partial charge in [-0.3, -0.25) is 24.6 Å². The van der Waals surface area contributed by atoms with E-state index < -0.39 is 16.7 Å². The third-order valence-corrected chi connectivity index (χ3v) is 5.62. The molecule has 0 aliphatic carbocycles. The Hall–Kier alpha value is -3.13. The lowest BCUT2D eigenvalue weighted by Crippen LogP contribution is -2.31. The van der Waals surface area contributed by atoms with E-state index >= 15 is 0 Å².